The third-order valence-corrected chi connectivity index (χ3v) is 2.82. The normalized spacial score (nSPS) is 10.7. The number of pyridine rings is 2. The minimum Gasteiger partial charge on any atom is -0.464 e. The van der Waals surface area contributed by atoms with Crippen LogP contribution in [0.5, 0.6) is 0 Å². The molecular weight excluding hydrogens is 268 g/mol. The van der Waals surface area contributed by atoms with E-state index in [0.717, 1.165) is 23.1 Å². The monoisotopic (exact) mass is 284 g/mol. The van der Waals surface area contributed by atoms with Gasteiger partial charge in [-0.3, -0.25) is 5.41 Å². The van der Waals surface area contributed by atoms with Crippen molar-refractivity contribution in [3.8, 4) is 0 Å². The summed E-state index contributed by atoms with van der Waals surface area (Å²) in [6.07, 6.45) is 5.36. The zero-order chi connectivity index (χ0) is 15.1. The van der Waals surface area contributed by atoms with Crippen molar-refractivity contribution in [2.75, 3.05) is 13.7 Å². The maximum absolute atomic E-state index is 11.0. The van der Waals surface area contributed by atoms with Crippen molar-refractivity contribution in [1.29, 1.82) is 5.41 Å². The zero-order valence-electron chi connectivity index (χ0n) is 11.7. The number of nitrogens with one attached hydrogen (secondary N) is 2. The Morgan fingerprint density at radius 1 is 1.43 bits per heavy atom. The van der Waals surface area contributed by atoms with Gasteiger partial charge in [0, 0.05) is 30.2 Å². The summed E-state index contributed by atoms with van der Waals surface area (Å²) in [6.45, 7) is 0.649. The average Bonchev–Trinajstić information content (AvgIpc) is 2.53. The lowest BCUT2D eigenvalue weighted by atomic mass is 10.2. The summed E-state index contributed by atoms with van der Waals surface area (Å²) in [5, 5.41) is 11.4. The third-order valence-electron chi connectivity index (χ3n) is 2.82. The average molecular weight is 284 g/mol. The van der Waals surface area contributed by atoms with Crippen LogP contribution in [0.15, 0.2) is 42.7 Å². The van der Waals surface area contributed by atoms with Gasteiger partial charge in [0.15, 0.2) is 5.65 Å². The Balaban J connectivity index is 1.84. The molecular formula is C15H16N4O2. The standard InChI is InChI=1S/C15H16N4O2/c1-21-15(20)13(16)7-10-17-9-6-12-5-4-11-3-2-8-18-14(11)19-12/h2-5,7-8,10,16-17H,6,9H2,1H3/b10-7-,16-13?. The number of aromatic nitrogens is 2. The molecule has 0 spiro atoms. The van der Waals surface area contributed by atoms with Gasteiger partial charge in [-0.2, -0.15) is 0 Å². The fourth-order valence-electron chi connectivity index (χ4n) is 1.74. The van der Waals surface area contributed by atoms with Crippen molar-refractivity contribution in [1.82, 2.24) is 15.3 Å². The summed E-state index contributed by atoms with van der Waals surface area (Å²) in [7, 11) is 1.25. The van der Waals surface area contributed by atoms with Crippen molar-refractivity contribution in [2.24, 2.45) is 0 Å². The van der Waals surface area contributed by atoms with Crippen molar-refractivity contribution in [3.63, 3.8) is 0 Å². The van der Waals surface area contributed by atoms with Crippen LogP contribution in [-0.4, -0.2) is 35.3 Å². The van der Waals surface area contributed by atoms with Gasteiger partial charge in [-0.1, -0.05) is 0 Å². The van der Waals surface area contributed by atoms with E-state index < -0.39 is 5.97 Å². The second kappa shape index (κ2) is 7.14. The van der Waals surface area contributed by atoms with Crippen molar-refractivity contribution < 1.29 is 9.53 Å². The zero-order valence-corrected chi connectivity index (χ0v) is 11.7. The van der Waals surface area contributed by atoms with E-state index >= 15 is 0 Å². The number of methoxy groups -OCH3 is 1. The molecule has 0 aromatic carbocycles. The van der Waals surface area contributed by atoms with Crippen LogP contribution in [0.25, 0.3) is 11.0 Å². The van der Waals surface area contributed by atoms with Crippen LogP contribution in [-0.2, 0) is 16.0 Å². The van der Waals surface area contributed by atoms with Crippen molar-refractivity contribution >= 4 is 22.7 Å². The summed E-state index contributed by atoms with van der Waals surface area (Å²) in [6, 6.07) is 7.81. The second-order valence-electron chi connectivity index (χ2n) is 4.30. The number of esters is 1. The van der Waals surface area contributed by atoms with E-state index in [4.69, 9.17) is 5.41 Å². The Hall–Kier alpha value is -2.76. The molecule has 6 nitrogen and oxygen atoms in total. The van der Waals surface area contributed by atoms with E-state index in [1.165, 1.54) is 13.2 Å². The first-order valence-corrected chi connectivity index (χ1v) is 6.48. The maximum Gasteiger partial charge on any atom is 0.355 e. The first-order valence-electron chi connectivity index (χ1n) is 6.48. The molecule has 108 valence electrons. The minimum absolute atomic E-state index is 0.196. The Morgan fingerprint density at radius 2 is 2.29 bits per heavy atom. The molecule has 0 fully saturated rings. The molecule has 0 radical (unpaired) electrons. The molecule has 0 aliphatic carbocycles. The van der Waals surface area contributed by atoms with E-state index in [2.05, 4.69) is 20.0 Å². The molecule has 2 aromatic heterocycles. The lowest BCUT2D eigenvalue weighted by Gasteiger charge is -2.03. The number of carbonyl (C=O) groups is 1. The van der Waals surface area contributed by atoms with E-state index in [9.17, 15) is 4.79 Å². The number of ether oxygens (including phenoxy) is 1. The van der Waals surface area contributed by atoms with E-state index in [-0.39, 0.29) is 5.71 Å². The molecule has 2 heterocycles. The number of nitrogens with zero attached hydrogens (tertiary/aromatic N) is 2. The quantitative estimate of drug-likeness (QED) is 0.476. The molecule has 0 aliphatic heterocycles. The first kappa shape index (κ1) is 14.6. The number of hydrogen-bond donors (Lipinski definition) is 2. The Kier molecular flexibility index (Phi) is 4.98. The summed E-state index contributed by atoms with van der Waals surface area (Å²) < 4.78 is 4.42. The molecule has 0 unspecified atom stereocenters. The molecule has 0 amide bonds. The fourth-order valence-corrected chi connectivity index (χ4v) is 1.74. The third kappa shape index (κ3) is 4.10. The number of carbonyl (C=O) groups excluding carboxylic acids is 1. The topological polar surface area (TPSA) is 88.0 Å². The number of fused-ring (bicyclic) bond motifs is 1. The van der Waals surface area contributed by atoms with E-state index in [1.807, 2.05) is 24.3 Å². The first-order chi connectivity index (χ1) is 10.2. The summed E-state index contributed by atoms with van der Waals surface area (Å²) >= 11 is 0. The van der Waals surface area contributed by atoms with Gasteiger partial charge in [0.2, 0.25) is 0 Å². The van der Waals surface area contributed by atoms with Gasteiger partial charge in [-0.05, 0) is 36.5 Å². The lowest BCUT2D eigenvalue weighted by Crippen LogP contribution is -2.15. The van der Waals surface area contributed by atoms with E-state index in [0.29, 0.717) is 6.54 Å². The Bertz CT molecular complexity index is 682. The predicted molar refractivity (Wildman–Crippen MR) is 80.1 cm³/mol. The van der Waals surface area contributed by atoms with Crippen LogP contribution in [0.2, 0.25) is 0 Å². The van der Waals surface area contributed by atoms with Crippen molar-refractivity contribution in [3.05, 3.63) is 48.4 Å². The second-order valence-corrected chi connectivity index (χ2v) is 4.30. The molecule has 2 rings (SSSR count). The van der Waals surface area contributed by atoms with Crippen molar-refractivity contribution in [2.45, 2.75) is 6.42 Å². The Morgan fingerprint density at radius 3 is 3.10 bits per heavy atom. The molecule has 0 saturated carbocycles. The molecule has 0 aliphatic rings. The number of hydrogen-bond acceptors (Lipinski definition) is 6. The maximum atomic E-state index is 11.0. The molecule has 2 aromatic rings. The fraction of sp³-hybridized carbons (Fsp3) is 0.200. The Labute approximate surface area is 122 Å². The molecule has 0 saturated heterocycles. The van der Waals surface area contributed by atoms with Crippen LogP contribution < -0.4 is 5.32 Å². The molecule has 0 bridgehead atoms. The molecule has 6 heteroatoms. The highest BCUT2D eigenvalue weighted by Gasteiger charge is 2.03. The van der Waals surface area contributed by atoms with Gasteiger partial charge >= 0.3 is 5.97 Å². The molecule has 2 N–H and O–H groups in total. The predicted octanol–water partition coefficient (Wildman–Crippen LogP) is 1.47. The van der Waals surface area contributed by atoms with Gasteiger partial charge in [0.1, 0.15) is 5.71 Å². The summed E-state index contributed by atoms with van der Waals surface area (Å²) in [4.78, 5) is 19.6. The van der Waals surface area contributed by atoms with Crippen LogP contribution in [0.4, 0.5) is 0 Å². The van der Waals surface area contributed by atoms with Gasteiger partial charge in [-0.25, -0.2) is 14.8 Å². The van der Waals surface area contributed by atoms with E-state index in [1.54, 1.807) is 12.4 Å². The van der Waals surface area contributed by atoms with Crippen LogP contribution in [0.3, 0.4) is 0 Å². The highest BCUT2D eigenvalue weighted by Crippen LogP contribution is 2.09. The van der Waals surface area contributed by atoms with Gasteiger partial charge < -0.3 is 10.1 Å². The largest absolute Gasteiger partial charge is 0.464 e. The summed E-state index contributed by atoms with van der Waals surface area (Å²) in [5.74, 6) is -0.657. The smallest absolute Gasteiger partial charge is 0.355 e. The minimum atomic E-state index is -0.657. The highest BCUT2D eigenvalue weighted by molar-refractivity contribution is 6.39. The van der Waals surface area contributed by atoms with Crippen LogP contribution in [0.1, 0.15) is 5.69 Å². The van der Waals surface area contributed by atoms with Gasteiger partial charge in [0.25, 0.3) is 0 Å². The highest BCUT2D eigenvalue weighted by atomic mass is 16.5. The number of rotatable bonds is 6. The van der Waals surface area contributed by atoms with Gasteiger partial charge in [0.05, 0.1) is 7.11 Å². The van der Waals surface area contributed by atoms with Crippen LogP contribution >= 0.6 is 0 Å². The SMILES string of the molecule is COC(=O)C(=N)/C=C\NCCc1ccc2cccnc2n1. The molecule has 21 heavy (non-hydrogen) atoms. The summed E-state index contributed by atoms with van der Waals surface area (Å²) in [5.41, 5.74) is 1.47. The lowest BCUT2D eigenvalue weighted by molar-refractivity contribution is -0.132. The van der Waals surface area contributed by atoms with Gasteiger partial charge in [-0.15, -0.1) is 0 Å². The molecule has 0 atom stereocenters. The van der Waals surface area contributed by atoms with Crippen LogP contribution in [0, 0.1) is 5.41 Å².